The van der Waals surface area contributed by atoms with Crippen molar-refractivity contribution in [3.63, 3.8) is 0 Å². The van der Waals surface area contributed by atoms with Gasteiger partial charge in [-0.2, -0.15) is 4.98 Å². The lowest BCUT2D eigenvalue weighted by atomic mass is 10.1. The van der Waals surface area contributed by atoms with Crippen molar-refractivity contribution >= 4 is 29.4 Å². The van der Waals surface area contributed by atoms with E-state index in [1.54, 1.807) is 9.42 Å². The summed E-state index contributed by atoms with van der Waals surface area (Å²) in [5, 5.41) is 5.02. The fraction of sp³-hybridized carbons (Fsp3) is 0.562. The Morgan fingerprint density at radius 3 is 2.80 bits per heavy atom. The average Bonchev–Trinajstić information content (AvgIpc) is 3.18. The monoisotopic (exact) mass is 363 g/mol. The molecule has 3 rings (SSSR count). The van der Waals surface area contributed by atoms with E-state index in [-0.39, 0.29) is 24.9 Å². The summed E-state index contributed by atoms with van der Waals surface area (Å²) in [4.78, 5) is 34.2. The summed E-state index contributed by atoms with van der Waals surface area (Å²) >= 11 is 1.45. The minimum absolute atomic E-state index is 0.128. The van der Waals surface area contributed by atoms with E-state index in [4.69, 9.17) is 4.74 Å². The maximum Gasteiger partial charge on any atom is 0.310 e. The normalized spacial score (nSPS) is 14.5. The largest absolute Gasteiger partial charge is 0.464 e. The Balaban J connectivity index is 1.65. The molecule has 0 saturated carbocycles. The van der Waals surface area contributed by atoms with Crippen LogP contribution in [-0.4, -0.2) is 62.3 Å². The molecule has 134 valence electrons. The Morgan fingerprint density at radius 1 is 1.32 bits per heavy atom. The molecule has 0 aliphatic carbocycles. The number of hydrogen-bond donors (Lipinski definition) is 0. The van der Waals surface area contributed by atoms with E-state index < -0.39 is 0 Å². The summed E-state index contributed by atoms with van der Waals surface area (Å²) in [5.74, 6) is 0.335. The van der Waals surface area contributed by atoms with Crippen molar-refractivity contribution in [1.29, 1.82) is 0 Å². The predicted octanol–water partition coefficient (Wildman–Crippen LogP) is 1.17. The molecule has 0 radical (unpaired) electrons. The molecule has 1 amide bonds. The van der Waals surface area contributed by atoms with Crippen molar-refractivity contribution in [2.75, 3.05) is 26.0 Å². The number of nitrogens with zero attached hydrogens (tertiary/aromatic N) is 5. The summed E-state index contributed by atoms with van der Waals surface area (Å²) in [7, 11) is 0. The Labute approximate surface area is 150 Å². The van der Waals surface area contributed by atoms with Crippen LogP contribution in [0.5, 0.6) is 0 Å². The number of carbonyl (C=O) groups excluding carboxylic acids is 2. The third-order valence-corrected chi connectivity index (χ3v) is 4.87. The lowest BCUT2D eigenvalue weighted by Crippen LogP contribution is -2.29. The van der Waals surface area contributed by atoms with Crippen molar-refractivity contribution in [2.24, 2.45) is 0 Å². The van der Waals surface area contributed by atoms with Gasteiger partial charge in [-0.1, -0.05) is 11.8 Å². The van der Waals surface area contributed by atoms with Gasteiger partial charge in [-0.15, -0.1) is 5.10 Å². The summed E-state index contributed by atoms with van der Waals surface area (Å²) in [6, 6.07) is 0. The van der Waals surface area contributed by atoms with Gasteiger partial charge in [0.15, 0.2) is 0 Å². The molecule has 1 saturated heterocycles. The van der Waals surface area contributed by atoms with Crippen molar-refractivity contribution in [2.45, 2.75) is 38.3 Å². The second kappa shape index (κ2) is 7.38. The van der Waals surface area contributed by atoms with Crippen LogP contribution in [0.1, 0.15) is 29.8 Å². The number of rotatable bonds is 6. The highest BCUT2D eigenvalue weighted by Gasteiger charge is 2.20. The van der Waals surface area contributed by atoms with E-state index in [0.29, 0.717) is 23.9 Å². The fourth-order valence-electron chi connectivity index (χ4n) is 2.94. The predicted molar refractivity (Wildman–Crippen MR) is 92.5 cm³/mol. The first-order valence-corrected chi connectivity index (χ1v) is 9.42. The first-order valence-electron chi connectivity index (χ1n) is 8.20. The standard InChI is InChI=1S/C16H21N5O3S/c1-10-12(11(2)21-15(17-10)18-16(19-21)25-3)9-14(23)24-8-7-20-6-4-5-13(20)22/h4-9H2,1-3H3. The van der Waals surface area contributed by atoms with E-state index in [2.05, 4.69) is 15.1 Å². The second-order valence-electron chi connectivity index (χ2n) is 5.95. The lowest BCUT2D eigenvalue weighted by Gasteiger charge is -2.15. The summed E-state index contributed by atoms with van der Waals surface area (Å²) < 4.78 is 6.95. The van der Waals surface area contributed by atoms with Crippen LogP contribution >= 0.6 is 11.8 Å². The number of ether oxygens (including phenoxy) is 1. The molecule has 2 aromatic heterocycles. The molecule has 0 spiro atoms. The molecular weight excluding hydrogens is 342 g/mol. The van der Waals surface area contributed by atoms with Crippen LogP contribution in [0.2, 0.25) is 0 Å². The summed E-state index contributed by atoms with van der Waals surface area (Å²) in [6.45, 7) is 5.18. The van der Waals surface area contributed by atoms with Gasteiger partial charge in [0.25, 0.3) is 5.78 Å². The molecule has 8 nitrogen and oxygen atoms in total. The molecular formula is C16H21N5O3S. The fourth-order valence-corrected chi connectivity index (χ4v) is 3.27. The topological polar surface area (TPSA) is 89.7 Å². The van der Waals surface area contributed by atoms with Crippen LogP contribution in [0.3, 0.4) is 0 Å². The van der Waals surface area contributed by atoms with Crippen molar-refractivity contribution < 1.29 is 14.3 Å². The molecule has 2 aromatic rings. The van der Waals surface area contributed by atoms with Crippen molar-refractivity contribution in [3.8, 4) is 0 Å². The quantitative estimate of drug-likeness (QED) is 0.562. The molecule has 0 atom stereocenters. The third-order valence-electron chi connectivity index (χ3n) is 4.33. The minimum atomic E-state index is -0.329. The molecule has 0 bridgehead atoms. The smallest absolute Gasteiger partial charge is 0.310 e. The molecule has 1 fully saturated rings. The number of carbonyl (C=O) groups is 2. The van der Waals surface area contributed by atoms with Crippen LogP contribution < -0.4 is 0 Å². The van der Waals surface area contributed by atoms with Gasteiger partial charge < -0.3 is 9.64 Å². The molecule has 25 heavy (non-hydrogen) atoms. The van der Waals surface area contributed by atoms with Crippen LogP contribution in [0.4, 0.5) is 0 Å². The maximum absolute atomic E-state index is 12.2. The SMILES string of the molecule is CSc1nc2nc(C)c(CC(=O)OCCN3CCCC3=O)c(C)n2n1. The molecule has 0 unspecified atom stereocenters. The second-order valence-corrected chi connectivity index (χ2v) is 6.73. The summed E-state index contributed by atoms with van der Waals surface area (Å²) in [5.41, 5.74) is 2.38. The molecule has 9 heteroatoms. The van der Waals surface area contributed by atoms with E-state index >= 15 is 0 Å². The Hall–Kier alpha value is -2.16. The Bertz CT molecular complexity index is 820. The number of likely N-dealkylation sites (tertiary alicyclic amines) is 1. The molecule has 0 N–H and O–H groups in total. The average molecular weight is 363 g/mol. The third kappa shape index (κ3) is 3.76. The maximum atomic E-state index is 12.2. The van der Waals surface area contributed by atoms with Gasteiger partial charge in [-0.25, -0.2) is 9.50 Å². The van der Waals surface area contributed by atoms with Gasteiger partial charge in [-0.05, 0) is 26.5 Å². The van der Waals surface area contributed by atoms with E-state index in [9.17, 15) is 9.59 Å². The zero-order valence-corrected chi connectivity index (χ0v) is 15.4. The number of amides is 1. The number of hydrogen-bond acceptors (Lipinski definition) is 7. The first-order chi connectivity index (χ1) is 12.0. The first kappa shape index (κ1) is 17.7. The number of thioether (sulfide) groups is 1. The van der Waals surface area contributed by atoms with Gasteiger partial charge in [0.2, 0.25) is 11.1 Å². The highest BCUT2D eigenvalue weighted by atomic mass is 32.2. The number of aromatic nitrogens is 4. The van der Waals surface area contributed by atoms with E-state index in [0.717, 1.165) is 29.9 Å². The van der Waals surface area contributed by atoms with Gasteiger partial charge in [0.1, 0.15) is 6.61 Å². The van der Waals surface area contributed by atoms with Gasteiger partial charge >= 0.3 is 5.97 Å². The molecule has 1 aliphatic heterocycles. The molecule has 0 aromatic carbocycles. The zero-order valence-electron chi connectivity index (χ0n) is 14.6. The minimum Gasteiger partial charge on any atom is -0.464 e. The zero-order chi connectivity index (χ0) is 18.0. The van der Waals surface area contributed by atoms with Gasteiger partial charge in [0.05, 0.1) is 13.0 Å². The Morgan fingerprint density at radius 2 is 2.12 bits per heavy atom. The van der Waals surface area contributed by atoms with Gasteiger partial charge in [0, 0.05) is 29.9 Å². The highest BCUT2D eigenvalue weighted by molar-refractivity contribution is 7.98. The molecule has 1 aliphatic rings. The van der Waals surface area contributed by atoms with E-state index in [1.807, 2.05) is 20.1 Å². The van der Waals surface area contributed by atoms with Crippen LogP contribution in [0.25, 0.3) is 5.78 Å². The number of esters is 1. The number of aryl methyl sites for hydroxylation is 2. The Kier molecular flexibility index (Phi) is 5.22. The van der Waals surface area contributed by atoms with E-state index in [1.165, 1.54) is 11.8 Å². The van der Waals surface area contributed by atoms with Crippen molar-refractivity contribution in [3.05, 3.63) is 17.0 Å². The van der Waals surface area contributed by atoms with Crippen LogP contribution in [-0.2, 0) is 20.7 Å². The van der Waals surface area contributed by atoms with Crippen LogP contribution in [0.15, 0.2) is 5.16 Å². The van der Waals surface area contributed by atoms with Crippen molar-refractivity contribution in [1.82, 2.24) is 24.5 Å². The highest BCUT2D eigenvalue weighted by Crippen LogP contribution is 2.17. The lowest BCUT2D eigenvalue weighted by molar-refractivity contribution is -0.144. The van der Waals surface area contributed by atoms with Crippen LogP contribution in [0, 0.1) is 13.8 Å². The van der Waals surface area contributed by atoms with Gasteiger partial charge in [-0.3, -0.25) is 9.59 Å². The number of fused-ring (bicyclic) bond motifs is 1. The molecule has 3 heterocycles. The summed E-state index contributed by atoms with van der Waals surface area (Å²) in [6.07, 6.45) is 3.50.